The second-order valence-corrected chi connectivity index (χ2v) is 5.31. The predicted octanol–water partition coefficient (Wildman–Crippen LogP) is 0.601. The smallest absolute Gasteiger partial charge is 0.306 e. The van der Waals surface area contributed by atoms with Crippen molar-refractivity contribution in [2.45, 2.75) is 13.0 Å². The fourth-order valence-corrected chi connectivity index (χ4v) is 1.90. The topological polar surface area (TPSA) is 81.7 Å². The number of hydrogen-bond donors (Lipinski definition) is 1. The van der Waals surface area contributed by atoms with Crippen LogP contribution >= 0.6 is 0 Å². The van der Waals surface area contributed by atoms with E-state index in [1.165, 1.54) is 7.11 Å². The van der Waals surface area contributed by atoms with Crippen molar-refractivity contribution in [2.24, 2.45) is 0 Å². The van der Waals surface area contributed by atoms with Gasteiger partial charge in [0.15, 0.2) is 0 Å². The summed E-state index contributed by atoms with van der Waals surface area (Å²) in [4.78, 5) is 17.6. The molecule has 0 saturated heterocycles. The second-order valence-electron chi connectivity index (χ2n) is 3.50. The Labute approximate surface area is 106 Å². The van der Waals surface area contributed by atoms with E-state index in [9.17, 15) is 13.2 Å². The third kappa shape index (κ3) is 5.76. The molecule has 1 aromatic rings. The van der Waals surface area contributed by atoms with Gasteiger partial charge in [0.1, 0.15) is 0 Å². The molecule has 6 nitrogen and oxygen atoms in total. The molecule has 0 saturated carbocycles. The van der Waals surface area contributed by atoms with Crippen molar-refractivity contribution < 1.29 is 22.8 Å². The summed E-state index contributed by atoms with van der Waals surface area (Å²) in [7, 11) is -2.43. The molecule has 0 heterocycles. The highest BCUT2D eigenvalue weighted by molar-refractivity contribution is 7.89. The van der Waals surface area contributed by atoms with Gasteiger partial charge in [-0.1, -0.05) is 35.2 Å². The largest absolute Gasteiger partial charge is 0.469 e. The van der Waals surface area contributed by atoms with E-state index in [4.69, 9.17) is 4.84 Å². The van der Waals surface area contributed by atoms with Gasteiger partial charge in [0.2, 0.25) is 10.0 Å². The maximum atomic E-state index is 11.4. The van der Waals surface area contributed by atoms with Gasteiger partial charge >= 0.3 is 5.97 Å². The van der Waals surface area contributed by atoms with Gasteiger partial charge < -0.3 is 4.74 Å². The summed E-state index contributed by atoms with van der Waals surface area (Å²) >= 11 is 0. The molecule has 1 N–H and O–H groups in total. The Bertz CT molecular complexity index is 471. The number of benzene rings is 1. The Morgan fingerprint density at radius 3 is 2.56 bits per heavy atom. The molecule has 1 rings (SSSR count). The van der Waals surface area contributed by atoms with E-state index in [1.54, 1.807) is 0 Å². The summed E-state index contributed by atoms with van der Waals surface area (Å²) in [6.07, 6.45) is -0.208. The summed E-state index contributed by atoms with van der Waals surface area (Å²) in [6, 6.07) is 9.12. The van der Waals surface area contributed by atoms with Gasteiger partial charge in [0, 0.05) is 0 Å². The van der Waals surface area contributed by atoms with Crippen molar-refractivity contribution in [3.05, 3.63) is 35.9 Å². The van der Waals surface area contributed by atoms with Crippen LogP contribution in [0.4, 0.5) is 0 Å². The molecule has 0 aliphatic rings. The Hall–Kier alpha value is -1.44. The van der Waals surface area contributed by atoms with Crippen molar-refractivity contribution in [1.82, 2.24) is 4.89 Å². The van der Waals surface area contributed by atoms with Crippen molar-refractivity contribution in [1.29, 1.82) is 0 Å². The quantitative estimate of drug-likeness (QED) is 0.581. The first kappa shape index (κ1) is 14.6. The van der Waals surface area contributed by atoms with E-state index < -0.39 is 16.0 Å². The lowest BCUT2D eigenvalue weighted by Crippen LogP contribution is -2.27. The minimum Gasteiger partial charge on any atom is -0.469 e. The molecule has 7 heteroatoms. The molecule has 0 unspecified atom stereocenters. The molecule has 100 valence electrons. The number of rotatable bonds is 7. The third-order valence-electron chi connectivity index (χ3n) is 2.07. The normalized spacial score (nSPS) is 11.2. The maximum absolute atomic E-state index is 11.4. The average Bonchev–Trinajstić information content (AvgIpc) is 2.37. The zero-order chi connectivity index (χ0) is 13.4. The monoisotopic (exact) mass is 273 g/mol. The highest BCUT2D eigenvalue weighted by Crippen LogP contribution is 2.00. The Balaban J connectivity index is 2.31. The van der Waals surface area contributed by atoms with Crippen molar-refractivity contribution >= 4 is 16.0 Å². The predicted molar refractivity (Wildman–Crippen MR) is 64.8 cm³/mol. The zero-order valence-electron chi connectivity index (χ0n) is 9.96. The first-order valence-corrected chi connectivity index (χ1v) is 6.91. The van der Waals surface area contributed by atoms with Crippen LogP contribution < -0.4 is 4.89 Å². The van der Waals surface area contributed by atoms with Crippen molar-refractivity contribution in [3.8, 4) is 0 Å². The summed E-state index contributed by atoms with van der Waals surface area (Å²) < 4.78 is 27.1. The number of carbonyl (C=O) groups is 1. The minimum absolute atomic E-state index is 0.123. The standard InChI is InChI=1S/C11H15NO5S/c1-16-11(13)7-8-18(14,15)12-17-9-10-5-3-2-4-6-10/h2-6,12H,7-9H2,1H3. The molecule has 0 spiro atoms. The fourth-order valence-electron chi connectivity index (χ4n) is 1.14. The number of ether oxygens (including phenoxy) is 1. The van der Waals surface area contributed by atoms with Crippen LogP contribution in [0.25, 0.3) is 0 Å². The molecule has 0 aromatic heterocycles. The molecular formula is C11H15NO5S. The number of nitrogens with one attached hydrogen (secondary N) is 1. The molecule has 0 aliphatic heterocycles. The van der Waals surface area contributed by atoms with Gasteiger partial charge in [0.05, 0.1) is 25.9 Å². The second kappa shape index (κ2) is 7.10. The van der Waals surface area contributed by atoms with Gasteiger partial charge in [-0.3, -0.25) is 9.63 Å². The fraction of sp³-hybridized carbons (Fsp3) is 0.364. The summed E-state index contributed by atoms with van der Waals surface area (Å²) in [6.45, 7) is 0.123. The Kier molecular flexibility index (Phi) is 5.76. The highest BCUT2D eigenvalue weighted by Gasteiger charge is 2.13. The van der Waals surface area contributed by atoms with Crippen LogP contribution in [0.3, 0.4) is 0 Å². The molecule has 0 bridgehead atoms. The third-order valence-corrected chi connectivity index (χ3v) is 3.18. The number of sulfonamides is 1. The lowest BCUT2D eigenvalue weighted by atomic mass is 10.2. The summed E-state index contributed by atoms with van der Waals surface area (Å²) in [5.74, 6) is -0.947. The van der Waals surface area contributed by atoms with E-state index >= 15 is 0 Å². The number of hydrogen-bond acceptors (Lipinski definition) is 5. The van der Waals surface area contributed by atoms with Gasteiger partial charge in [0.25, 0.3) is 0 Å². The summed E-state index contributed by atoms with van der Waals surface area (Å²) in [5, 5.41) is 0. The zero-order valence-corrected chi connectivity index (χ0v) is 10.8. The van der Waals surface area contributed by atoms with Gasteiger partial charge in [-0.2, -0.15) is 0 Å². The molecule has 0 radical (unpaired) electrons. The van der Waals surface area contributed by atoms with Crippen LogP contribution in [-0.4, -0.2) is 27.2 Å². The Morgan fingerprint density at radius 1 is 1.28 bits per heavy atom. The number of methoxy groups -OCH3 is 1. The van der Waals surface area contributed by atoms with Crippen LogP contribution in [0.5, 0.6) is 0 Å². The van der Waals surface area contributed by atoms with E-state index in [-0.39, 0.29) is 18.8 Å². The molecular weight excluding hydrogens is 258 g/mol. The Morgan fingerprint density at radius 2 is 1.94 bits per heavy atom. The number of carbonyl (C=O) groups excluding carboxylic acids is 1. The first-order valence-electron chi connectivity index (χ1n) is 5.25. The van der Waals surface area contributed by atoms with Gasteiger partial charge in [-0.05, 0) is 5.56 Å². The van der Waals surface area contributed by atoms with E-state index in [1.807, 2.05) is 35.2 Å². The number of esters is 1. The van der Waals surface area contributed by atoms with Gasteiger partial charge in [-0.15, -0.1) is 0 Å². The first-order chi connectivity index (χ1) is 8.53. The molecule has 0 fully saturated rings. The lowest BCUT2D eigenvalue weighted by molar-refractivity contribution is -0.140. The van der Waals surface area contributed by atoms with E-state index in [0.29, 0.717) is 0 Å². The molecule has 0 amide bonds. The molecule has 0 atom stereocenters. The molecule has 1 aromatic carbocycles. The van der Waals surface area contributed by atoms with Gasteiger partial charge in [-0.25, -0.2) is 8.42 Å². The van der Waals surface area contributed by atoms with Crippen molar-refractivity contribution in [3.63, 3.8) is 0 Å². The lowest BCUT2D eigenvalue weighted by Gasteiger charge is -2.06. The summed E-state index contributed by atoms with van der Waals surface area (Å²) in [5.41, 5.74) is 0.841. The van der Waals surface area contributed by atoms with Crippen LogP contribution in [-0.2, 0) is 31.0 Å². The van der Waals surface area contributed by atoms with E-state index in [0.717, 1.165) is 5.56 Å². The average molecular weight is 273 g/mol. The highest BCUT2D eigenvalue weighted by atomic mass is 32.2. The van der Waals surface area contributed by atoms with E-state index in [2.05, 4.69) is 4.74 Å². The van der Waals surface area contributed by atoms with Crippen LogP contribution in [0.15, 0.2) is 30.3 Å². The maximum Gasteiger partial charge on any atom is 0.306 e. The molecule has 18 heavy (non-hydrogen) atoms. The molecule has 0 aliphatic carbocycles. The van der Waals surface area contributed by atoms with Crippen LogP contribution in [0.1, 0.15) is 12.0 Å². The van der Waals surface area contributed by atoms with Crippen LogP contribution in [0.2, 0.25) is 0 Å². The van der Waals surface area contributed by atoms with Crippen LogP contribution in [0, 0.1) is 0 Å². The van der Waals surface area contributed by atoms with Crippen molar-refractivity contribution in [2.75, 3.05) is 12.9 Å². The SMILES string of the molecule is COC(=O)CCS(=O)(=O)NOCc1ccccc1. The minimum atomic E-state index is -3.63.